The van der Waals surface area contributed by atoms with Crippen LogP contribution in [-0.2, 0) is 6.42 Å². The Morgan fingerprint density at radius 3 is 2.79 bits per heavy atom. The van der Waals surface area contributed by atoms with Crippen LogP contribution in [0.15, 0.2) is 18.2 Å². The van der Waals surface area contributed by atoms with Crippen LogP contribution < -0.4 is 5.73 Å². The third kappa shape index (κ3) is 3.70. The fourth-order valence-electron chi connectivity index (χ4n) is 3.34. The average Bonchev–Trinajstić information content (AvgIpc) is 2.42. The SMILES string of the molecule is CCC1CCC(CN)C(Cc2cc(F)ccc2Cl)C1. The van der Waals surface area contributed by atoms with Crippen LogP contribution in [0.4, 0.5) is 4.39 Å². The van der Waals surface area contributed by atoms with E-state index in [1.807, 2.05) is 0 Å². The summed E-state index contributed by atoms with van der Waals surface area (Å²) in [5.74, 6) is 1.69. The average molecular weight is 284 g/mol. The van der Waals surface area contributed by atoms with Gasteiger partial charge in [-0.1, -0.05) is 31.4 Å². The van der Waals surface area contributed by atoms with Gasteiger partial charge in [-0.2, -0.15) is 0 Å². The standard InChI is InChI=1S/C16H23ClFN/c1-2-11-3-4-12(10-19)13(7-11)8-14-9-15(18)5-6-16(14)17/h5-6,9,11-13H,2-4,7-8,10,19H2,1H3. The Morgan fingerprint density at radius 1 is 1.32 bits per heavy atom. The van der Waals surface area contributed by atoms with Crippen molar-refractivity contribution in [2.24, 2.45) is 23.5 Å². The molecule has 106 valence electrons. The van der Waals surface area contributed by atoms with Gasteiger partial charge in [0, 0.05) is 5.02 Å². The van der Waals surface area contributed by atoms with Crippen LogP contribution >= 0.6 is 11.6 Å². The van der Waals surface area contributed by atoms with Crippen LogP contribution in [0.2, 0.25) is 5.02 Å². The Morgan fingerprint density at radius 2 is 2.11 bits per heavy atom. The van der Waals surface area contributed by atoms with Gasteiger partial charge < -0.3 is 5.73 Å². The highest BCUT2D eigenvalue weighted by molar-refractivity contribution is 6.31. The maximum atomic E-state index is 13.3. The Balaban J connectivity index is 2.11. The van der Waals surface area contributed by atoms with Gasteiger partial charge in [-0.15, -0.1) is 0 Å². The molecule has 0 aliphatic heterocycles. The van der Waals surface area contributed by atoms with Gasteiger partial charge in [-0.3, -0.25) is 0 Å². The number of hydrogen-bond donors (Lipinski definition) is 1. The molecule has 3 atom stereocenters. The molecule has 1 aromatic rings. The maximum absolute atomic E-state index is 13.3. The Labute approximate surface area is 120 Å². The zero-order valence-electron chi connectivity index (χ0n) is 11.5. The smallest absolute Gasteiger partial charge is 0.123 e. The summed E-state index contributed by atoms with van der Waals surface area (Å²) >= 11 is 6.18. The lowest BCUT2D eigenvalue weighted by Crippen LogP contribution is -2.31. The predicted molar refractivity (Wildman–Crippen MR) is 78.8 cm³/mol. The fraction of sp³-hybridized carbons (Fsp3) is 0.625. The summed E-state index contributed by atoms with van der Waals surface area (Å²) in [6.07, 6.45) is 5.77. The van der Waals surface area contributed by atoms with Gasteiger partial charge in [0.15, 0.2) is 0 Å². The summed E-state index contributed by atoms with van der Waals surface area (Å²) in [5, 5.41) is 0.677. The first kappa shape index (κ1) is 14.8. The molecular weight excluding hydrogens is 261 g/mol. The van der Waals surface area contributed by atoms with E-state index in [4.69, 9.17) is 17.3 Å². The second-order valence-corrected chi connectivity index (χ2v) is 6.19. The van der Waals surface area contributed by atoms with Gasteiger partial charge in [0.05, 0.1) is 0 Å². The van der Waals surface area contributed by atoms with E-state index in [-0.39, 0.29) is 5.82 Å². The summed E-state index contributed by atoms with van der Waals surface area (Å²) in [6, 6.07) is 4.65. The minimum Gasteiger partial charge on any atom is -0.330 e. The number of hydrogen-bond acceptors (Lipinski definition) is 1. The van der Waals surface area contributed by atoms with Crippen molar-refractivity contribution in [3.8, 4) is 0 Å². The summed E-state index contributed by atoms with van der Waals surface area (Å²) in [4.78, 5) is 0. The molecule has 1 saturated carbocycles. The zero-order valence-corrected chi connectivity index (χ0v) is 12.3. The molecule has 0 heterocycles. The van der Waals surface area contributed by atoms with Crippen LogP contribution in [0.1, 0.15) is 38.2 Å². The maximum Gasteiger partial charge on any atom is 0.123 e. The van der Waals surface area contributed by atoms with Crippen LogP contribution in [-0.4, -0.2) is 6.54 Å². The van der Waals surface area contributed by atoms with E-state index in [1.54, 1.807) is 12.1 Å². The van der Waals surface area contributed by atoms with Gasteiger partial charge >= 0.3 is 0 Å². The van der Waals surface area contributed by atoms with E-state index < -0.39 is 0 Å². The molecule has 0 amide bonds. The largest absolute Gasteiger partial charge is 0.330 e. The molecule has 1 aliphatic rings. The normalized spacial score (nSPS) is 27.5. The lowest BCUT2D eigenvalue weighted by atomic mass is 9.71. The van der Waals surface area contributed by atoms with Crippen LogP contribution in [0.25, 0.3) is 0 Å². The molecule has 0 radical (unpaired) electrons. The molecule has 0 saturated heterocycles. The lowest BCUT2D eigenvalue weighted by molar-refractivity contribution is 0.180. The second kappa shape index (κ2) is 6.71. The Kier molecular flexibility index (Phi) is 5.23. The molecule has 1 nitrogen and oxygen atoms in total. The number of halogens is 2. The van der Waals surface area contributed by atoms with E-state index in [2.05, 4.69) is 6.92 Å². The zero-order chi connectivity index (χ0) is 13.8. The predicted octanol–water partition coefficient (Wildman–Crippen LogP) is 4.42. The lowest BCUT2D eigenvalue weighted by Gasteiger charge is -2.35. The van der Waals surface area contributed by atoms with Crippen molar-refractivity contribution in [3.63, 3.8) is 0 Å². The quantitative estimate of drug-likeness (QED) is 0.869. The van der Waals surface area contributed by atoms with Crippen LogP contribution in [0.5, 0.6) is 0 Å². The second-order valence-electron chi connectivity index (χ2n) is 5.78. The number of rotatable bonds is 4. The third-order valence-corrected chi connectivity index (χ3v) is 4.99. The molecule has 1 aliphatic carbocycles. The highest BCUT2D eigenvalue weighted by Gasteiger charge is 2.29. The molecule has 2 N–H and O–H groups in total. The van der Waals surface area contributed by atoms with Crippen molar-refractivity contribution in [3.05, 3.63) is 34.6 Å². The van der Waals surface area contributed by atoms with E-state index in [0.717, 1.165) is 24.4 Å². The molecule has 3 unspecified atom stereocenters. The van der Waals surface area contributed by atoms with Crippen molar-refractivity contribution < 1.29 is 4.39 Å². The number of benzene rings is 1. The van der Waals surface area contributed by atoms with E-state index in [0.29, 0.717) is 16.9 Å². The molecular formula is C16H23ClFN. The molecule has 0 spiro atoms. The molecule has 19 heavy (non-hydrogen) atoms. The minimum atomic E-state index is -0.202. The van der Waals surface area contributed by atoms with Crippen molar-refractivity contribution in [1.29, 1.82) is 0 Å². The number of nitrogens with two attached hydrogens (primary N) is 1. The van der Waals surface area contributed by atoms with Crippen LogP contribution in [0.3, 0.4) is 0 Å². The van der Waals surface area contributed by atoms with Gasteiger partial charge in [0.1, 0.15) is 5.82 Å². The van der Waals surface area contributed by atoms with Crippen molar-refractivity contribution >= 4 is 11.6 Å². The van der Waals surface area contributed by atoms with Gasteiger partial charge in [0.25, 0.3) is 0 Å². The summed E-state index contributed by atoms with van der Waals surface area (Å²) in [6.45, 7) is 2.98. The van der Waals surface area contributed by atoms with Gasteiger partial charge in [-0.05, 0) is 67.3 Å². The van der Waals surface area contributed by atoms with E-state index in [1.165, 1.54) is 31.7 Å². The summed E-state index contributed by atoms with van der Waals surface area (Å²) in [5.41, 5.74) is 6.83. The van der Waals surface area contributed by atoms with Gasteiger partial charge in [-0.25, -0.2) is 4.39 Å². The molecule has 3 heteroatoms. The Bertz CT molecular complexity index is 421. The van der Waals surface area contributed by atoms with Crippen molar-refractivity contribution in [1.82, 2.24) is 0 Å². The fourth-order valence-corrected chi connectivity index (χ4v) is 3.53. The third-order valence-electron chi connectivity index (χ3n) is 4.62. The van der Waals surface area contributed by atoms with Crippen molar-refractivity contribution in [2.75, 3.05) is 6.54 Å². The van der Waals surface area contributed by atoms with Crippen molar-refractivity contribution in [2.45, 2.75) is 39.0 Å². The Hall–Kier alpha value is -0.600. The molecule has 1 aromatic carbocycles. The summed E-state index contributed by atoms with van der Waals surface area (Å²) in [7, 11) is 0. The highest BCUT2D eigenvalue weighted by atomic mass is 35.5. The highest BCUT2D eigenvalue weighted by Crippen LogP contribution is 2.37. The topological polar surface area (TPSA) is 26.0 Å². The van der Waals surface area contributed by atoms with E-state index in [9.17, 15) is 4.39 Å². The molecule has 0 aromatic heterocycles. The first-order chi connectivity index (χ1) is 9.13. The molecule has 1 fully saturated rings. The first-order valence-electron chi connectivity index (χ1n) is 7.28. The molecule has 2 rings (SSSR count). The summed E-state index contributed by atoms with van der Waals surface area (Å²) < 4.78 is 13.3. The monoisotopic (exact) mass is 283 g/mol. The molecule has 0 bridgehead atoms. The van der Waals surface area contributed by atoms with E-state index >= 15 is 0 Å². The van der Waals surface area contributed by atoms with Crippen LogP contribution in [0, 0.1) is 23.6 Å². The van der Waals surface area contributed by atoms with Gasteiger partial charge in [0.2, 0.25) is 0 Å². The minimum absolute atomic E-state index is 0.202. The first-order valence-corrected chi connectivity index (χ1v) is 7.65.